The predicted molar refractivity (Wildman–Crippen MR) is 95.0 cm³/mol. The number of thiazole rings is 1. The Labute approximate surface area is 142 Å². The molecule has 0 spiro atoms. The molecule has 0 unspecified atom stereocenters. The molecule has 0 atom stereocenters. The second-order valence-corrected chi connectivity index (χ2v) is 6.29. The lowest BCUT2D eigenvalue weighted by molar-refractivity contribution is -0.116. The number of carbonyl (C=O) groups excluding carboxylic acids is 1. The van der Waals surface area contributed by atoms with Crippen LogP contribution in [0.25, 0.3) is 16.3 Å². The van der Waals surface area contributed by atoms with Crippen molar-refractivity contribution < 1.29 is 4.79 Å². The van der Waals surface area contributed by atoms with Crippen molar-refractivity contribution >= 4 is 33.5 Å². The van der Waals surface area contributed by atoms with E-state index in [2.05, 4.69) is 20.3 Å². The normalized spacial score (nSPS) is 11.2. The number of nitrogens with one attached hydrogen (secondary N) is 2. The maximum Gasteiger partial charge on any atom is 0.251 e. The van der Waals surface area contributed by atoms with Crippen LogP contribution >= 0.6 is 11.3 Å². The Bertz CT molecular complexity index is 925. The molecule has 0 aliphatic heterocycles. The summed E-state index contributed by atoms with van der Waals surface area (Å²) >= 11 is 1.54. The Morgan fingerprint density at radius 3 is 2.96 bits per heavy atom. The van der Waals surface area contributed by atoms with Gasteiger partial charge in [0.1, 0.15) is 10.8 Å². The van der Waals surface area contributed by atoms with E-state index in [0.717, 1.165) is 15.2 Å². The molecule has 2 heterocycles. The molecule has 0 aliphatic carbocycles. The van der Waals surface area contributed by atoms with E-state index < -0.39 is 0 Å². The molecule has 7 heteroatoms. The zero-order valence-corrected chi connectivity index (χ0v) is 13.9. The van der Waals surface area contributed by atoms with Crippen molar-refractivity contribution in [3.05, 3.63) is 63.3 Å². The van der Waals surface area contributed by atoms with Crippen molar-refractivity contribution in [1.29, 1.82) is 0 Å². The summed E-state index contributed by atoms with van der Waals surface area (Å²) in [6, 6.07) is 9.28. The Balaban J connectivity index is 1.54. The minimum Gasteiger partial charge on any atom is -0.352 e. The molecule has 3 aromatic rings. The van der Waals surface area contributed by atoms with Gasteiger partial charge in [0.25, 0.3) is 5.56 Å². The number of hydrogen-bond donors (Lipinski definition) is 2. The monoisotopic (exact) mass is 340 g/mol. The summed E-state index contributed by atoms with van der Waals surface area (Å²) in [4.78, 5) is 34.5. The largest absolute Gasteiger partial charge is 0.352 e. The Hall–Kier alpha value is -2.80. The molecule has 0 saturated heterocycles. The van der Waals surface area contributed by atoms with Gasteiger partial charge in [-0.3, -0.25) is 9.59 Å². The molecule has 6 nitrogen and oxygen atoms in total. The summed E-state index contributed by atoms with van der Waals surface area (Å²) in [5.74, 6) is 0.361. The summed E-state index contributed by atoms with van der Waals surface area (Å²) < 4.78 is 1.09. The third kappa shape index (κ3) is 4.14. The zero-order chi connectivity index (χ0) is 16.9. The molecule has 1 amide bonds. The van der Waals surface area contributed by atoms with Crippen LogP contribution in [0.5, 0.6) is 0 Å². The van der Waals surface area contributed by atoms with Crippen molar-refractivity contribution in [2.75, 3.05) is 6.54 Å². The fraction of sp³-hybridized carbons (Fsp3) is 0.176. The van der Waals surface area contributed by atoms with Gasteiger partial charge in [-0.1, -0.05) is 12.1 Å². The van der Waals surface area contributed by atoms with E-state index in [9.17, 15) is 9.59 Å². The zero-order valence-electron chi connectivity index (χ0n) is 13.1. The van der Waals surface area contributed by atoms with Crippen LogP contribution in [-0.2, 0) is 11.2 Å². The van der Waals surface area contributed by atoms with Gasteiger partial charge in [-0.25, -0.2) is 9.97 Å². The van der Waals surface area contributed by atoms with E-state index in [-0.39, 0.29) is 11.5 Å². The quantitative estimate of drug-likeness (QED) is 0.696. The van der Waals surface area contributed by atoms with E-state index in [1.807, 2.05) is 24.3 Å². The smallest absolute Gasteiger partial charge is 0.251 e. The number of carbonyl (C=O) groups is 1. The number of rotatable bonds is 5. The molecule has 0 bridgehead atoms. The van der Waals surface area contributed by atoms with Crippen LogP contribution in [0, 0.1) is 6.92 Å². The highest BCUT2D eigenvalue weighted by molar-refractivity contribution is 7.19. The number of aromatic amines is 1. The number of fused-ring (bicyclic) bond motifs is 1. The van der Waals surface area contributed by atoms with Gasteiger partial charge in [-0.05, 0) is 25.1 Å². The highest BCUT2D eigenvalue weighted by atomic mass is 32.1. The summed E-state index contributed by atoms with van der Waals surface area (Å²) in [7, 11) is 0. The van der Waals surface area contributed by atoms with E-state index in [1.165, 1.54) is 23.5 Å². The van der Waals surface area contributed by atoms with Gasteiger partial charge in [-0.15, -0.1) is 11.3 Å². The van der Waals surface area contributed by atoms with Gasteiger partial charge >= 0.3 is 0 Å². The second-order valence-electron chi connectivity index (χ2n) is 5.23. The van der Waals surface area contributed by atoms with Crippen LogP contribution in [-0.4, -0.2) is 27.4 Å². The van der Waals surface area contributed by atoms with Crippen LogP contribution in [0.3, 0.4) is 0 Å². The molecule has 0 saturated carbocycles. The number of aromatic nitrogens is 3. The van der Waals surface area contributed by atoms with Crippen molar-refractivity contribution in [2.45, 2.75) is 13.3 Å². The number of H-pyrrole nitrogens is 1. The Kier molecular flexibility index (Phi) is 4.81. The van der Waals surface area contributed by atoms with Gasteiger partial charge in [0.15, 0.2) is 0 Å². The fourth-order valence-corrected chi connectivity index (χ4v) is 3.10. The number of nitrogens with zero attached hydrogens (tertiary/aromatic N) is 2. The fourth-order valence-electron chi connectivity index (χ4n) is 2.23. The molecule has 122 valence electrons. The van der Waals surface area contributed by atoms with Crippen LogP contribution in [0.15, 0.2) is 41.2 Å². The first kappa shape index (κ1) is 16.1. The standard InChI is InChI=1S/C17H16N4O2S/c1-11-10-16(23)21-14(19-11)8-9-18-15(22)6-7-17-20-12-4-2-3-5-13(12)24-17/h2-7,10H,8-9H2,1H3,(H,18,22)(H,19,21,23)/b7-6+. The number of hydrogen-bond acceptors (Lipinski definition) is 5. The number of benzene rings is 1. The Morgan fingerprint density at radius 1 is 1.33 bits per heavy atom. The summed E-state index contributed by atoms with van der Waals surface area (Å²) in [5.41, 5.74) is 1.41. The van der Waals surface area contributed by atoms with Gasteiger partial charge in [-0.2, -0.15) is 0 Å². The lowest BCUT2D eigenvalue weighted by Crippen LogP contribution is -2.25. The van der Waals surface area contributed by atoms with Crippen molar-refractivity contribution in [3.8, 4) is 0 Å². The highest BCUT2D eigenvalue weighted by Crippen LogP contribution is 2.22. The average molecular weight is 340 g/mol. The first-order valence-electron chi connectivity index (χ1n) is 7.48. The summed E-state index contributed by atoms with van der Waals surface area (Å²) in [6.07, 6.45) is 3.63. The summed E-state index contributed by atoms with van der Waals surface area (Å²) in [6.45, 7) is 2.16. The first-order chi connectivity index (χ1) is 11.6. The van der Waals surface area contributed by atoms with Crippen LogP contribution in [0.1, 0.15) is 16.5 Å². The summed E-state index contributed by atoms with van der Waals surface area (Å²) in [5, 5.41) is 3.55. The first-order valence-corrected chi connectivity index (χ1v) is 8.30. The topological polar surface area (TPSA) is 87.7 Å². The lowest BCUT2D eigenvalue weighted by Gasteiger charge is -2.02. The van der Waals surface area contributed by atoms with Crippen molar-refractivity contribution in [3.63, 3.8) is 0 Å². The second kappa shape index (κ2) is 7.18. The highest BCUT2D eigenvalue weighted by Gasteiger charge is 2.02. The van der Waals surface area contributed by atoms with Crippen LogP contribution < -0.4 is 10.9 Å². The third-order valence-corrected chi connectivity index (χ3v) is 4.27. The molecule has 1 aromatic carbocycles. The van der Waals surface area contributed by atoms with Crippen LogP contribution in [0.4, 0.5) is 0 Å². The van der Waals surface area contributed by atoms with E-state index in [4.69, 9.17) is 0 Å². The van der Waals surface area contributed by atoms with Gasteiger partial charge in [0.05, 0.1) is 10.2 Å². The molecule has 0 fully saturated rings. The van der Waals surface area contributed by atoms with Crippen LogP contribution in [0.2, 0.25) is 0 Å². The van der Waals surface area contributed by atoms with Gasteiger partial charge < -0.3 is 10.3 Å². The molecule has 0 radical (unpaired) electrons. The molecule has 3 rings (SSSR count). The van der Waals surface area contributed by atoms with E-state index >= 15 is 0 Å². The van der Waals surface area contributed by atoms with Crippen molar-refractivity contribution in [2.24, 2.45) is 0 Å². The average Bonchev–Trinajstić information content (AvgIpc) is 2.95. The number of amides is 1. The van der Waals surface area contributed by atoms with Crippen molar-refractivity contribution in [1.82, 2.24) is 20.3 Å². The molecule has 2 N–H and O–H groups in total. The third-order valence-electron chi connectivity index (χ3n) is 3.27. The van der Waals surface area contributed by atoms with E-state index in [0.29, 0.717) is 24.5 Å². The minimum atomic E-state index is -0.204. The SMILES string of the molecule is Cc1cc(=O)[nH]c(CCNC(=O)/C=C/c2nc3ccccc3s2)n1. The maximum atomic E-state index is 11.8. The predicted octanol–water partition coefficient (Wildman–Crippen LogP) is 2.06. The number of aryl methyl sites for hydroxylation is 1. The molecular weight excluding hydrogens is 324 g/mol. The Morgan fingerprint density at radius 2 is 2.17 bits per heavy atom. The molecule has 2 aromatic heterocycles. The maximum absolute atomic E-state index is 11.8. The molecular formula is C17H16N4O2S. The molecule has 0 aliphatic rings. The van der Waals surface area contributed by atoms with Gasteiger partial charge in [0.2, 0.25) is 5.91 Å². The van der Waals surface area contributed by atoms with Gasteiger partial charge in [0, 0.05) is 30.8 Å². The number of para-hydroxylation sites is 1. The van der Waals surface area contributed by atoms with E-state index in [1.54, 1.807) is 13.0 Å². The lowest BCUT2D eigenvalue weighted by atomic mass is 10.3. The molecule has 24 heavy (non-hydrogen) atoms. The minimum absolute atomic E-state index is 0.181.